The molecule has 2 aromatic rings. The number of methoxy groups -OCH3 is 1. The molecule has 0 atom stereocenters. The number of ether oxygens (including phenoxy) is 1. The van der Waals surface area contributed by atoms with Crippen LogP contribution in [0.5, 0.6) is 5.88 Å². The number of nitrogens with zero attached hydrogens (tertiary/aromatic N) is 4. The number of carbonyl (C=O) groups excluding carboxylic acids is 1. The lowest BCUT2D eigenvalue weighted by Crippen LogP contribution is -2.49. The van der Waals surface area contributed by atoms with E-state index in [-0.39, 0.29) is 5.91 Å². The number of carbonyl (C=O) groups is 1. The van der Waals surface area contributed by atoms with Crippen LogP contribution in [0.4, 0.5) is 5.82 Å². The van der Waals surface area contributed by atoms with Crippen LogP contribution in [0, 0.1) is 6.92 Å². The van der Waals surface area contributed by atoms with Crippen molar-refractivity contribution in [3.8, 4) is 5.88 Å². The molecule has 122 valence electrons. The van der Waals surface area contributed by atoms with Gasteiger partial charge in [0.15, 0.2) is 0 Å². The van der Waals surface area contributed by atoms with Crippen molar-refractivity contribution in [2.24, 2.45) is 0 Å². The Bertz CT molecular complexity index is 667. The molecule has 0 bridgehead atoms. The Morgan fingerprint density at radius 2 is 2.09 bits per heavy atom. The molecule has 6 nitrogen and oxygen atoms in total. The highest BCUT2D eigenvalue weighted by atomic mass is 32.1. The predicted molar refractivity (Wildman–Crippen MR) is 90.1 cm³/mol. The summed E-state index contributed by atoms with van der Waals surface area (Å²) in [6, 6.07) is 5.83. The average Bonchev–Trinajstić information content (AvgIpc) is 3.07. The van der Waals surface area contributed by atoms with Gasteiger partial charge in [0, 0.05) is 37.1 Å². The van der Waals surface area contributed by atoms with Crippen LogP contribution < -0.4 is 9.64 Å². The van der Waals surface area contributed by atoms with Gasteiger partial charge in [0.2, 0.25) is 11.8 Å². The van der Waals surface area contributed by atoms with E-state index in [2.05, 4.69) is 14.9 Å². The maximum absolute atomic E-state index is 12.3. The fourth-order valence-corrected chi connectivity index (χ4v) is 3.35. The van der Waals surface area contributed by atoms with Gasteiger partial charge in [-0.2, -0.15) is 4.98 Å². The van der Waals surface area contributed by atoms with Crippen LogP contribution >= 0.6 is 11.3 Å². The molecule has 0 aliphatic carbocycles. The second kappa shape index (κ2) is 6.95. The molecular weight excluding hydrogens is 312 g/mol. The van der Waals surface area contributed by atoms with Gasteiger partial charge in [-0.05, 0) is 18.4 Å². The summed E-state index contributed by atoms with van der Waals surface area (Å²) in [4.78, 5) is 26.2. The number of thiophene rings is 1. The Hall–Kier alpha value is -2.15. The van der Waals surface area contributed by atoms with Crippen LogP contribution in [-0.2, 0) is 11.2 Å². The minimum atomic E-state index is 0.198. The first-order valence-corrected chi connectivity index (χ1v) is 8.48. The minimum absolute atomic E-state index is 0.198. The van der Waals surface area contributed by atoms with Gasteiger partial charge in [-0.1, -0.05) is 6.07 Å². The summed E-state index contributed by atoms with van der Waals surface area (Å²) < 4.78 is 5.20. The average molecular weight is 332 g/mol. The standard InChI is InChI=1S/C16H20N4O2S/c1-12-17-14(11-15(18-12)22-2)19-5-7-20(8-6-19)16(21)10-13-4-3-9-23-13/h3-4,9,11H,5-8,10H2,1-2H3. The molecule has 3 rings (SSSR count). The van der Waals surface area contributed by atoms with E-state index in [9.17, 15) is 4.79 Å². The number of hydrogen-bond acceptors (Lipinski definition) is 6. The zero-order chi connectivity index (χ0) is 16.2. The van der Waals surface area contributed by atoms with Crippen molar-refractivity contribution < 1.29 is 9.53 Å². The second-order valence-corrected chi connectivity index (χ2v) is 6.47. The van der Waals surface area contributed by atoms with E-state index in [4.69, 9.17) is 4.74 Å². The zero-order valence-electron chi connectivity index (χ0n) is 13.4. The maximum atomic E-state index is 12.3. The molecule has 0 spiro atoms. The molecule has 7 heteroatoms. The second-order valence-electron chi connectivity index (χ2n) is 5.44. The van der Waals surface area contributed by atoms with Gasteiger partial charge >= 0.3 is 0 Å². The number of rotatable bonds is 4. The van der Waals surface area contributed by atoms with Gasteiger partial charge in [0.1, 0.15) is 11.6 Å². The minimum Gasteiger partial charge on any atom is -0.481 e. The van der Waals surface area contributed by atoms with Gasteiger partial charge in [-0.3, -0.25) is 4.79 Å². The summed E-state index contributed by atoms with van der Waals surface area (Å²) in [5.41, 5.74) is 0. The van der Waals surface area contributed by atoms with Crippen LogP contribution in [0.2, 0.25) is 0 Å². The van der Waals surface area contributed by atoms with Crippen LogP contribution in [-0.4, -0.2) is 54.1 Å². The van der Waals surface area contributed by atoms with Crippen molar-refractivity contribution in [2.75, 3.05) is 38.2 Å². The van der Waals surface area contributed by atoms with Crippen molar-refractivity contribution >= 4 is 23.1 Å². The normalized spacial score (nSPS) is 14.9. The number of anilines is 1. The number of amides is 1. The third-order valence-corrected chi connectivity index (χ3v) is 4.75. The first kappa shape index (κ1) is 15.7. The van der Waals surface area contributed by atoms with E-state index in [0.29, 0.717) is 18.1 Å². The highest BCUT2D eigenvalue weighted by molar-refractivity contribution is 7.10. The Balaban J connectivity index is 1.60. The summed E-state index contributed by atoms with van der Waals surface area (Å²) in [5, 5.41) is 2.01. The number of aryl methyl sites for hydroxylation is 1. The molecule has 1 saturated heterocycles. The van der Waals surface area contributed by atoms with E-state index in [1.807, 2.05) is 35.4 Å². The molecule has 0 unspecified atom stereocenters. The van der Waals surface area contributed by atoms with Crippen LogP contribution in [0.1, 0.15) is 10.7 Å². The van der Waals surface area contributed by atoms with Crippen LogP contribution in [0.3, 0.4) is 0 Å². The molecule has 1 amide bonds. The molecule has 0 saturated carbocycles. The SMILES string of the molecule is COc1cc(N2CCN(C(=O)Cc3cccs3)CC2)nc(C)n1. The Morgan fingerprint density at radius 3 is 2.74 bits per heavy atom. The summed E-state index contributed by atoms with van der Waals surface area (Å²) >= 11 is 1.63. The molecule has 3 heterocycles. The lowest BCUT2D eigenvalue weighted by Gasteiger charge is -2.35. The summed E-state index contributed by atoms with van der Waals surface area (Å²) in [5.74, 6) is 2.32. The molecule has 2 aromatic heterocycles. The molecule has 1 aliphatic heterocycles. The van der Waals surface area contributed by atoms with Crippen molar-refractivity contribution in [1.82, 2.24) is 14.9 Å². The van der Waals surface area contributed by atoms with E-state index >= 15 is 0 Å². The van der Waals surface area contributed by atoms with Gasteiger partial charge in [0.25, 0.3) is 0 Å². The third kappa shape index (κ3) is 3.79. The highest BCUT2D eigenvalue weighted by Gasteiger charge is 2.22. The smallest absolute Gasteiger partial charge is 0.227 e. The molecular formula is C16H20N4O2S. The van der Waals surface area contributed by atoms with Crippen molar-refractivity contribution in [3.05, 3.63) is 34.3 Å². The quantitative estimate of drug-likeness (QED) is 0.854. The summed E-state index contributed by atoms with van der Waals surface area (Å²) in [6.07, 6.45) is 0.498. The molecule has 1 aliphatic rings. The topological polar surface area (TPSA) is 58.6 Å². The lowest BCUT2D eigenvalue weighted by molar-refractivity contribution is -0.130. The van der Waals surface area contributed by atoms with E-state index in [1.165, 1.54) is 0 Å². The van der Waals surface area contributed by atoms with Crippen molar-refractivity contribution in [3.63, 3.8) is 0 Å². The monoisotopic (exact) mass is 332 g/mol. The van der Waals surface area contributed by atoms with Gasteiger partial charge in [-0.15, -0.1) is 11.3 Å². The van der Waals surface area contributed by atoms with Gasteiger partial charge < -0.3 is 14.5 Å². The molecule has 23 heavy (non-hydrogen) atoms. The van der Waals surface area contributed by atoms with E-state index in [0.717, 1.165) is 36.9 Å². The lowest BCUT2D eigenvalue weighted by atomic mass is 10.2. The molecule has 0 radical (unpaired) electrons. The number of hydrogen-bond donors (Lipinski definition) is 0. The first-order chi connectivity index (χ1) is 11.2. The fourth-order valence-electron chi connectivity index (χ4n) is 2.65. The first-order valence-electron chi connectivity index (χ1n) is 7.60. The molecule has 1 fully saturated rings. The Labute approximate surface area is 139 Å². The zero-order valence-corrected chi connectivity index (χ0v) is 14.2. The Kier molecular flexibility index (Phi) is 4.76. The van der Waals surface area contributed by atoms with Crippen molar-refractivity contribution in [1.29, 1.82) is 0 Å². The summed E-state index contributed by atoms with van der Waals surface area (Å²) in [6.45, 7) is 4.84. The molecule has 0 aromatic carbocycles. The highest BCUT2D eigenvalue weighted by Crippen LogP contribution is 2.19. The van der Waals surface area contributed by atoms with Crippen LogP contribution in [0.25, 0.3) is 0 Å². The molecule has 0 N–H and O–H groups in total. The third-order valence-electron chi connectivity index (χ3n) is 3.87. The Morgan fingerprint density at radius 1 is 1.30 bits per heavy atom. The maximum Gasteiger partial charge on any atom is 0.227 e. The predicted octanol–water partition coefficient (Wildman–Crippen LogP) is 1.75. The van der Waals surface area contributed by atoms with Crippen LogP contribution in [0.15, 0.2) is 23.6 Å². The summed E-state index contributed by atoms with van der Waals surface area (Å²) in [7, 11) is 1.60. The largest absolute Gasteiger partial charge is 0.481 e. The number of piperazine rings is 1. The van der Waals surface area contributed by atoms with E-state index in [1.54, 1.807) is 18.4 Å². The number of aromatic nitrogens is 2. The van der Waals surface area contributed by atoms with Crippen molar-refractivity contribution in [2.45, 2.75) is 13.3 Å². The van der Waals surface area contributed by atoms with Gasteiger partial charge in [0.05, 0.1) is 13.5 Å². The van der Waals surface area contributed by atoms with Gasteiger partial charge in [-0.25, -0.2) is 4.98 Å². The van der Waals surface area contributed by atoms with E-state index < -0.39 is 0 Å². The fraction of sp³-hybridized carbons (Fsp3) is 0.438.